The molecule has 6 nitrogen and oxygen atoms in total. The molecule has 1 aliphatic rings. The van der Waals surface area contributed by atoms with Crippen LogP contribution in [0.25, 0.3) is 17.0 Å². The van der Waals surface area contributed by atoms with E-state index in [0.29, 0.717) is 35.5 Å². The Bertz CT molecular complexity index is 1130. The quantitative estimate of drug-likeness (QED) is 0.569. The summed E-state index contributed by atoms with van der Waals surface area (Å²) >= 11 is 5.64. The van der Waals surface area contributed by atoms with Crippen LogP contribution in [0, 0.1) is 12.7 Å². The molecule has 0 bridgehead atoms. The predicted molar refractivity (Wildman–Crippen MR) is 121 cm³/mol. The number of nitrogens with zero attached hydrogens (tertiary/aromatic N) is 3. The van der Waals surface area contributed by atoms with E-state index >= 15 is 0 Å². The number of hydrogen-bond donors (Lipinski definition) is 1. The highest BCUT2D eigenvalue weighted by Crippen LogP contribution is 2.37. The van der Waals surface area contributed by atoms with Crippen LogP contribution in [-0.4, -0.2) is 40.4 Å². The molecule has 1 aliphatic heterocycles. The van der Waals surface area contributed by atoms with Crippen LogP contribution in [-0.2, 0) is 4.74 Å². The average molecular weight is 439 g/mol. The number of methoxy groups -OCH3 is 1. The molecule has 31 heavy (non-hydrogen) atoms. The van der Waals surface area contributed by atoms with E-state index in [2.05, 4.69) is 39.7 Å². The number of thiocarbonyl (C=S) groups is 1. The molecule has 0 saturated carbocycles. The van der Waals surface area contributed by atoms with Gasteiger partial charge in [-0.25, -0.2) is 4.39 Å². The molecule has 0 spiro atoms. The van der Waals surface area contributed by atoms with Crippen LogP contribution in [0.4, 0.5) is 4.39 Å². The highest BCUT2D eigenvalue weighted by Gasteiger charge is 2.33. The molecule has 0 fully saturated rings. The lowest BCUT2D eigenvalue weighted by atomic mass is 9.94. The number of aryl methyl sites for hydroxylation is 1. The number of ether oxygens (including phenoxy) is 1. The first kappa shape index (κ1) is 21.1. The summed E-state index contributed by atoms with van der Waals surface area (Å²) in [6.45, 7) is 5.12. The molecule has 1 atom stereocenters. The Morgan fingerprint density at radius 1 is 1.19 bits per heavy atom. The van der Waals surface area contributed by atoms with Gasteiger partial charge in [-0.3, -0.25) is 0 Å². The molecule has 2 aromatic carbocycles. The van der Waals surface area contributed by atoms with Gasteiger partial charge in [0.15, 0.2) is 5.11 Å². The van der Waals surface area contributed by atoms with Crippen molar-refractivity contribution in [3.8, 4) is 11.4 Å². The van der Waals surface area contributed by atoms with E-state index in [0.717, 1.165) is 22.4 Å². The van der Waals surface area contributed by atoms with Crippen LogP contribution in [0.5, 0.6) is 0 Å². The van der Waals surface area contributed by atoms with E-state index in [-0.39, 0.29) is 11.9 Å². The second kappa shape index (κ2) is 8.95. The number of allylic oxidation sites excluding steroid dienone is 1. The monoisotopic (exact) mass is 438 g/mol. The Morgan fingerprint density at radius 2 is 1.97 bits per heavy atom. The molecular formula is C23H23FN4O2S. The van der Waals surface area contributed by atoms with Crippen molar-refractivity contribution < 1.29 is 13.7 Å². The average Bonchev–Trinajstić information content (AvgIpc) is 3.23. The first-order valence-corrected chi connectivity index (χ1v) is 10.3. The number of benzene rings is 2. The number of halogens is 1. The van der Waals surface area contributed by atoms with Crippen LogP contribution in [0.3, 0.4) is 0 Å². The first-order valence-electron chi connectivity index (χ1n) is 9.92. The van der Waals surface area contributed by atoms with Gasteiger partial charge in [-0.1, -0.05) is 47.1 Å². The Kier molecular flexibility index (Phi) is 6.11. The van der Waals surface area contributed by atoms with Crippen molar-refractivity contribution in [2.75, 3.05) is 20.3 Å². The fourth-order valence-electron chi connectivity index (χ4n) is 3.60. The Morgan fingerprint density at radius 3 is 2.68 bits per heavy atom. The van der Waals surface area contributed by atoms with Crippen molar-refractivity contribution in [1.29, 1.82) is 0 Å². The zero-order valence-corrected chi connectivity index (χ0v) is 18.4. The van der Waals surface area contributed by atoms with E-state index in [1.165, 1.54) is 12.1 Å². The SMILES string of the molecule is COCCN1C(=S)NC(c2ccc(C)cc2)C(c2nc(-c3cccc(F)c3)no2)=C1C. The highest BCUT2D eigenvalue weighted by atomic mass is 32.1. The van der Waals surface area contributed by atoms with E-state index in [9.17, 15) is 4.39 Å². The lowest BCUT2D eigenvalue weighted by Gasteiger charge is -2.37. The van der Waals surface area contributed by atoms with Crippen LogP contribution >= 0.6 is 12.2 Å². The minimum atomic E-state index is -0.354. The molecule has 0 radical (unpaired) electrons. The van der Waals surface area contributed by atoms with E-state index < -0.39 is 0 Å². The van der Waals surface area contributed by atoms with Gasteiger partial charge in [0.25, 0.3) is 5.89 Å². The van der Waals surface area contributed by atoms with E-state index in [4.69, 9.17) is 21.5 Å². The standard InChI is InChI=1S/C23H23FN4O2S/c1-14-7-9-16(10-8-14)20-19(15(2)28(11-12-29-3)23(31)25-20)22-26-21(27-30-22)17-5-4-6-18(24)13-17/h4-10,13,20H,11-12H2,1-3H3,(H,25,31). The number of hydrogen-bond acceptors (Lipinski definition) is 5. The summed E-state index contributed by atoms with van der Waals surface area (Å²) in [5.41, 5.74) is 4.47. The van der Waals surface area contributed by atoms with Crippen molar-refractivity contribution >= 4 is 22.9 Å². The Balaban J connectivity index is 1.80. The van der Waals surface area contributed by atoms with Crippen LogP contribution in [0.15, 0.2) is 58.8 Å². The van der Waals surface area contributed by atoms with Crippen molar-refractivity contribution in [1.82, 2.24) is 20.4 Å². The van der Waals surface area contributed by atoms with Gasteiger partial charge >= 0.3 is 0 Å². The lowest BCUT2D eigenvalue weighted by molar-refractivity contribution is 0.183. The molecule has 2 heterocycles. The topological polar surface area (TPSA) is 63.4 Å². The fraction of sp³-hybridized carbons (Fsp3) is 0.261. The van der Waals surface area contributed by atoms with Crippen LogP contribution in [0.2, 0.25) is 0 Å². The summed E-state index contributed by atoms with van der Waals surface area (Å²) in [7, 11) is 1.65. The van der Waals surface area contributed by atoms with Gasteiger partial charge in [0, 0.05) is 24.9 Å². The second-order valence-electron chi connectivity index (χ2n) is 7.37. The van der Waals surface area contributed by atoms with Gasteiger partial charge < -0.3 is 19.5 Å². The third-order valence-electron chi connectivity index (χ3n) is 5.27. The molecule has 3 aromatic rings. The number of aromatic nitrogens is 2. The maximum Gasteiger partial charge on any atom is 0.258 e. The summed E-state index contributed by atoms with van der Waals surface area (Å²) < 4.78 is 24.6. The fourth-order valence-corrected chi connectivity index (χ4v) is 3.94. The summed E-state index contributed by atoms with van der Waals surface area (Å²) in [6, 6.07) is 14.1. The number of rotatable bonds is 6. The summed E-state index contributed by atoms with van der Waals surface area (Å²) in [5.74, 6) is 0.334. The van der Waals surface area contributed by atoms with Gasteiger partial charge in [0.2, 0.25) is 5.82 Å². The zero-order valence-electron chi connectivity index (χ0n) is 17.6. The molecule has 0 amide bonds. The molecule has 0 aliphatic carbocycles. The maximum absolute atomic E-state index is 13.7. The normalized spacial score (nSPS) is 16.6. The second-order valence-corrected chi connectivity index (χ2v) is 7.76. The highest BCUT2D eigenvalue weighted by molar-refractivity contribution is 7.80. The van der Waals surface area contributed by atoms with Crippen LogP contribution in [0.1, 0.15) is 30.0 Å². The van der Waals surface area contributed by atoms with Gasteiger partial charge in [-0.15, -0.1) is 0 Å². The summed E-state index contributed by atoms with van der Waals surface area (Å²) in [5, 5.41) is 8.10. The minimum absolute atomic E-state index is 0.257. The molecule has 1 N–H and O–H groups in total. The first-order chi connectivity index (χ1) is 15.0. The molecule has 1 aromatic heterocycles. The van der Waals surface area contributed by atoms with Crippen molar-refractivity contribution in [2.45, 2.75) is 19.9 Å². The Labute approximate surface area is 185 Å². The minimum Gasteiger partial charge on any atom is -0.383 e. The smallest absolute Gasteiger partial charge is 0.258 e. The van der Waals surface area contributed by atoms with Crippen molar-refractivity contribution in [3.05, 3.63) is 77.1 Å². The summed E-state index contributed by atoms with van der Waals surface area (Å²) in [6.07, 6.45) is 0. The van der Waals surface area contributed by atoms with Crippen LogP contribution < -0.4 is 5.32 Å². The third kappa shape index (κ3) is 4.35. The molecule has 8 heteroatoms. The molecule has 4 rings (SSSR count). The number of nitrogens with one attached hydrogen (secondary N) is 1. The van der Waals surface area contributed by atoms with E-state index in [1.807, 2.05) is 18.7 Å². The molecule has 1 unspecified atom stereocenters. The van der Waals surface area contributed by atoms with Gasteiger partial charge in [-0.2, -0.15) is 4.98 Å². The predicted octanol–water partition coefficient (Wildman–Crippen LogP) is 4.49. The zero-order chi connectivity index (χ0) is 22.0. The molecule has 160 valence electrons. The van der Waals surface area contributed by atoms with Gasteiger partial charge in [0.05, 0.1) is 18.2 Å². The van der Waals surface area contributed by atoms with Crippen molar-refractivity contribution in [2.24, 2.45) is 0 Å². The Hall–Kier alpha value is -3.10. The van der Waals surface area contributed by atoms with Gasteiger partial charge in [0.1, 0.15) is 5.82 Å². The lowest BCUT2D eigenvalue weighted by Crippen LogP contribution is -2.47. The van der Waals surface area contributed by atoms with E-state index in [1.54, 1.807) is 19.2 Å². The largest absolute Gasteiger partial charge is 0.383 e. The third-order valence-corrected chi connectivity index (χ3v) is 5.60. The van der Waals surface area contributed by atoms with Gasteiger partial charge in [-0.05, 0) is 43.8 Å². The van der Waals surface area contributed by atoms with Crippen molar-refractivity contribution in [3.63, 3.8) is 0 Å². The summed E-state index contributed by atoms with van der Waals surface area (Å²) in [4.78, 5) is 6.55. The maximum atomic E-state index is 13.7. The molecule has 0 saturated heterocycles. The molecular weight excluding hydrogens is 415 g/mol.